The van der Waals surface area contributed by atoms with E-state index < -0.39 is 17.7 Å². The third kappa shape index (κ3) is 5.81. The van der Waals surface area contributed by atoms with Crippen LogP contribution in [0.5, 0.6) is 5.75 Å². The van der Waals surface area contributed by atoms with Crippen LogP contribution in [0.4, 0.5) is 4.39 Å². The van der Waals surface area contributed by atoms with Gasteiger partial charge in [0, 0.05) is 17.7 Å². The third-order valence-electron chi connectivity index (χ3n) is 7.47. The maximum Gasteiger partial charge on any atom is 0.295 e. The van der Waals surface area contributed by atoms with Crippen LogP contribution in [0.1, 0.15) is 75.4 Å². The first-order valence-electron chi connectivity index (χ1n) is 13.5. The molecule has 6 heteroatoms. The summed E-state index contributed by atoms with van der Waals surface area (Å²) in [6, 6.07) is 18.5. The van der Waals surface area contributed by atoms with E-state index in [9.17, 15) is 19.1 Å². The van der Waals surface area contributed by atoms with Crippen molar-refractivity contribution in [1.29, 1.82) is 0 Å². The minimum absolute atomic E-state index is 0.0534. The van der Waals surface area contributed by atoms with Crippen molar-refractivity contribution < 1.29 is 23.8 Å². The Balaban J connectivity index is 1.84. The second-order valence-corrected chi connectivity index (χ2v) is 12.4. The van der Waals surface area contributed by atoms with Crippen LogP contribution >= 0.6 is 0 Å². The van der Waals surface area contributed by atoms with Gasteiger partial charge in [-0.1, -0.05) is 77.9 Å². The lowest BCUT2D eigenvalue weighted by Gasteiger charge is -2.27. The van der Waals surface area contributed by atoms with Crippen molar-refractivity contribution in [2.75, 3.05) is 13.7 Å². The zero-order valence-corrected chi connectivity index (χ0v) is 24.3. The minimum Gasteiger partial charge on any atom is -0.507 e. The van der Waals surface area contributed by atoms with Crippen molar-refractivity contribution >= 4 is 17.4 Å². The Morgan fingerprint density at radius 1 is 0.900 bits per heavy atom. The molecule has 1 atom stereocenters. The number of aliphatic hydroxyl groups is 1. The monoisotopic (exact) mass is 543 g/mol. The van der Waals surface area contributed by atoms with Crippen LogP contribution in [0.2, 0.25) is 0 Å². The fourth-order valence-corrected chi connectivity index (χ4v) is 5.12. The molecular formula is C34H38FNO4. The molecule has 0 saturated carbocycles. The Labute approximate surface area is 236 Å². The van der Waals surface area contributed by atoms with E-state index in [0.29, 0.717) is 17.7 Å². The molecule has 1 amide bonds. The largest absolute Gasteiger partial charge is 0.507 e. The van der Waals surface area contributed by atoms with Crippen molar-refractivity contribution in [1.82, 2.24) is 4.90 Å². The summed E-state index contributed by atoms with van der Waals surface area (Å²) >= 11 is 0. The molecule has 5 nitrogen and oxygen atoms in total. The Morgan fingerprint density at radius 2 is 1.52 bits per heavy atom. The van der Waals surface area contributed by atoms with E-state index >= 15 is 0 Å². The average molecular weight is 544 g/mol. The van der Waals surface area contributed by atoms with E-state index in [4.69, 9.17) is 4.74 Å². The van der Waals surface area contributed by atoms with Crippen LogP contribution in [0.15, 0.2) is 72.3 Å². The van der Waals surface area contributed by atoms with Gasteiger partial charge in [0.1, 0.15) is 17.3 Å². The van der Waals surface area contributed by atoms with Gasteiger partial charge in [0.15, 0.2) is 0 Å². The summed E-state index contributed by atoms with van der Waals surface area (Å²) in [7, 11) is 1.60. The average Bonchev–Trinajstić information content (AvgIpc) is 3.16. The van der Waals surface area contributed by atoms with Crippen molar-refractivity contribution in [3.05, 3.63) is 106 Å². The molecule has 1 saturated heterocycles. The molecule has 0 aliphatic carbocycles. The van der Waals surface area contributed by atoms with Gasteiger partial charge in [-0.3, -0.25) is 9.59 Å². The maximum atomic E-state index is 13.5. The zero-order chi connectivity index (χ0) is 29.4. The predicted octanol–water partition coefficient (Wildman–Crippen LogP) is 7.09. The number of hydrogen-bond acceptors (Lipinski definition) is 4. The summed E-state index contributed by atoms with van der Waals surface area (Å²) in [5, 5.41) is 11.6. The Morgan fingerprint density at radius 3 is 2.08 bits per heavy atom. The molecule has 0 spiro atoms. The summed E-state index contributed by atoms with van der Waals surface area (Å²) in [5.41, 5.74) is 3.70. The van der Waals surface area contributed by atoms with Crippen LogP contribution < -0.4 is 4.74 Å². The van der Waals surface area contributed by atoms with Gasteiger partial charge in [0.2, 0.25) is 0 Å². The van der Waals surface area contributed by atoms with Gasteiger partial charge in [0.05, 0.1) is 18.7 Å². The number of carbonyl (C=O) groups is 2. The molecule has 1 aliphatic rings. The van der Waals surface area contributed by atoms with Crippen LogP contribution in [-0.2, 0) is 26.8 Å². The van der Waals surface area contributed by atoms with Gasteiger partial charge in [-0.05, 0) is 64.3 Å². The first kappa shape index (κ1) is 29.1. The number of halogens is 1. The number of carbonyl (C=O) groups excluding carboxylic acids is 2. The Kier molecular flexibility index (Phi) is 7.93. The van der Waals surface area contributed by atoms with Gasteiger partial charge in [0.25, 0.3) is 11.7 Å². The van der Waals surface area contributed by atoms with Crippen LogP contribution in [0, 0.1) is 5.82 Å². The van der Waals surface area contributed by atoms with Crippen LogP contribution in [-0.4, -0.2) is 35.4 Å². The van der Waals surface area contributed by atoms with E-state index in [0.717, 1.165) is 22.3 Å². The molecule has 1 aliphatic heterocycles. The SMILES string of the molecule is COc1ccc(/C(O)=C2/C(=O)C(=O)N(CCc3ccc(F)cc3)C2c2ccc(C(C)(C)C)cc2)cc1C(C)(C)C. The molecule has 4 rings (SSSR count). The number of Topliss-reactive ketones (excluding diaryl/α,β-unsaturated/α-hetero) is 1. The number of hydrogen-bond donors (Lipinski definition) is 1. The smallest absolute Gasteiger partial charge is 0.295 e. The highest BCUT2D eigenvalue weighted by molar-refractivity contribution is 6.46. The van der Waals surface area contributed by atoms with Gasteiger partial charge < -0.3 is 14.7 Å². The predicted molar refractivity (Wildman–Crippen MR) is 156 cm³/mol. The molecule has 1 heterocycles. The summed E-state index contributed by atoms with van der Waals surface area (Å²) in [5.74, 6) is -1.27. The molecule has 210 valence electrons. The zero-order valence-electron chi connectivity index (χ0n) is 24.3. The third-order valence-corrected chi connectivity index (χ3v) is 7.47. The topological polar surface area (TPSA) is 66.8 Å². The van der Waals surface area contributed by atoms with Gasteiger partial charge in [-0.25, -0.2) is 4.39 Å². The van der Waals surface area contributed by atoms with E-state index in [1.807, 2.05) is 51.1 Å². The number of benzene rings is 3. The molecule has 1 fully saturated rings. The molecule has 40 heavy (non-hydrogen) atoms. The summed E-state index contributed by atoms with van der Waals surface area (Å²) in [6.45, 7) is 12.7. The lowest BCUT2D eigenvalue weighted by atomic mass is 9.84. The lowest BCUT2D eigenvalue weighted by Crippen LogP contribution is -2.31. The second-order valence-electron chi connectivity index (χ2n) is 12.4. The van der Waals surface area contributed by atoms with Crippen molar-refractivity contribution in [2.45, 2.75) is 64.8 Å². The summed E-state index contributed by atoms with van der Waals surface area (Å²) in [6.07, 6.45) is 0.431. The number of nitrogens with zero attached hydrogens (tertiary/aromatic N) is 1. The first-order chi connectivity index (χ1) is 18.7. The molecule has 3 aromatic carbocycles. The highest BCUT2D eigenvalue weighted by atomic mass is 19.1. The number of likely N-dealkylation sites (tertiary alicyclic amines) is 1. The maximum absolute atomic E-state index is 13.5. The van der Waals surface area contributed by atoms with E-state index in [2.05, 4.69) is 20.8 Å². The second kappa shape index (κ2) is 10.9. The summed E-state index contributed by atoms with van der Waals surface area (Å²) in [4.78, 5) is 28.4. The number of amides is 1. The summed E-state index contributed by atoms with van der Waals surface area (Å²) < 4.78 is 19.0. The number of rotatable bonds is 6. The van der Waals surface area contributed by atoms with E-state index in [1.165, 1.54) is 17.0 Å². The van der Waals surface area contributed by atoms with Gasteiger partial charge >= 0.3 is 0 Å². The molecule has 0 radical (unpaired) electrons. The standard InChI is InChI=1S/C34H38FNO4/c1-33(2,3)24-13-10-22(11-14-24)29-28(30(37)23-12-17-27(40-7)26(20-23)34(4,5)6)31(38)32(39)36(29)19-18-21-8-15-25(35)16-9-21/h8-17,20,29,37H,18-19H2,1-7H3/b30-28-. The van der Waals surface area contributed by atoms with Crippen molar-refractivity contribution in [2.24, 2.45) is 0 Å². The number of ketones is 1. The molecule has 1 unspecified atom stereocenters. The Hall–Kier alpha value is -3.93. The normalized spacial score (nSPS) is 17.4. The lowest BCUT2D eigenvalue weighted by molar-refractivity contribution is -0.139. The van der Waals surface area contributed by atoms with Crippen LogP contribution in [0.3, 0.4) is 0 Å². The highest BCUT2D eigenvalue weighted by Crippen LogP contribution is 2.41. The Bertz CT molecular complexity index is 1440. The fourth-order valence-electron chi connectivity index (χ4n) is 5.12. The van der Waals surface area contributed by atoms with Gasteiger partial charge in [-0.2, -0.15) is 0 Å². The quantitative estimate of drug-likeness (QED) is 0.205. The van der Waals surface area contributed by atoms with E-state index in [1.54, 1.807) is 31.4 Å². The van der Waals surface area contributed by atoms with Crippen LogP contribution in [0.25, 0.3) is 5.76 Å². The minimum atomic E-state index is -0.769. The first-order valence-corrected chi connectivity index (χ1v) is 13.5. The number of ether oxygens (including phenoxy) is 1. The number of aliphatic hydroxyl groups excluding tert-OH is 1. The molecule has 3 aromatic rings. The van der Waals surface area contributed by atoms with Crippen molar-refractivity contribution in [3.8, 4) is 5.75 Å². The van der Waals surface area contributed by atoms with Gasteiger partial charge in [-0.15, -0.1) is 0 Å². The molecular weight excluding hydrogens is 505 g/mol. The molecule has 1 N–H and O–H groups in total. The van der Waals surface area contributed by atoms with E-state index in [-0.39, 0.29) is 34.5 Å². The highest BCUT2D eigenvalue weighted by Gasteiger charge is 2.46. The number of methoxy groups -OCH3 is 1. The fraction of sp³-hybridized carbons (Fsp3) is 0.353. The molecule has 0 aromatic heterocycles. The molecule has 0 bridgehead atoms. The van der Waals surface area contributed by atoms with Crippen molar-refractivity contribution in [3.63, 3.8) is 0 Å².